The monoisotopic (exact) mass is 307 g/mol. The van der Waals surface area contributed by atoms with Crippen molar-refractivity contribution < 1.29 is 18.3 Å². The molecule has 0 spiro atoms. The molecule has 22 heavy (non-hydrogen) atoms. The van der Waals surface area contributed by atoms with Gasteiger partial charge in [0.25, 0.3) is 5.91 Å². The number of ether oxygens (including phenoxy) is 1. The molecule has 0 fully saturated rings. The molecule has 0 radical (unpaired) electrons. The fourth-order valence-corrected chi connectivity index (χ4v) is 1.82. The van der Waals surface area contributed by atoms with Gasteiger partial charge in [-0.1, -0.05) is 12.1 Å². The van der Waals surface area contributed by atoms with Crippen LogP contribution in [0.25, 0.3) is 0 Å². The number of amides is 1. The van der Waals surface area contributed by atoms with Gasteiger partial charge in [-0.3, -0.25) is 9.78 Å². The van der Waals surface area contributed by atoms with Crippen molar-refractivity contribution in [1.82, 2.24) is 14.9 Å². The summed E-state index contributed by atoms with van der Waals surface area (Å²) < 4.78 is 28.4. The number of hydrogen-bond acceptors (Lipinski definition) is 4. The minimum atomic E-state index is -2.85. The maximum Gasteiger partial charge on any atom is 0.387 e. The first-order valence-electron chi connectivity index (χ1n) is 6.53. The molecule has 1 aromatic carbocycles. The Morgan fingerprint density at radius 3 is 2.45 bits per heavy atom. The van der Waals surface area contributed by atoms with Crippen molar-refractivity contribution >= 4 is 5.91 Å². The Labute approximate surface area is 126 Å². The van der Waals surface area contributed by atoms with Gasteiger partial charge in [0.1, 0.15) is 11.4 Å². The van der Waals surface area contributed by atoms with E-state index in [0.717, 1.165) is 11.3 Å². The first kappa shape index (κ1) is 15.8. The second kappa shape index (κ2) is 6.93. The highest BCUT2D eigenvalue weighted by molar-refractivity contribution is 5.91. The molecule has 0 N–H and O–H groups in total. The quantitative estimate of drug-likeness (QED) is 0.852. The third-order valence-corrected chi connectivity index (χ3v) is 2.92. The van der Waals surface area contributed by atoms with E-state index in [-0.39, 0.29) is 17.4 Å². The first-order valence-corrected chi connectivity index (χ1v) is 6.53. The van der Waals surface area contributed by atoms with Crippen molar-refractivity contribution in [3.05, 3.63) is 53.6 Å². The largest absolute Gasteiger partial charge is 0.435 e. The smallest absolute Gasteiger partial charge is 0.387 e. The van der Waals surface area contributed by atoms with E-state index >= 15 is 0 Å². The summed E-state index contributed by atoms with van der Waals surface area (Å²) in [5, 5.41) is 0. The van der Waals surface area contributed by atoms with E-state index in [1.54, 1.807) is 26.1 Å². The second-order valence-electron chi connectivity index (χ2n) is 4.73. The summed E-state index contributed by atoms with van der Waals surface area (Å²) in [6.45, 7) is -0.743. The van der Waals surface area contributed by atoms with Crippen molar-refractivity contribution in [3.63, 3.8) is 0 Å². The zero-order valence-corrected chi connectivity index (χ0v) is 12.2. The Balaban J connectivity index is 2.00. The molecule has 0 aliphatic carbocycles. The lowest BCUT2D eigenvalue weighted by molar-refractivity contribution is -0.0498. The van der Waals surface area contributed by atoms with E-state index in [1.165, 1.54) is 29.4 Å². The molecule has 2 rings (SSSR count). The number of halogens is 2. The maximum absolute atomic E-state index is 12.2. The average molecular weight is 307 g/mol. The fourth-order valence-electron chi connectivity index (χ4n) is 1.82. The predicted octanol–water partition coefficient (Wildman–Crippen LogP) is 2.66. The van der Waals surface area contributed by atoms with Crippen LogP contribution in [0.1, 0.15) is 21.7 Å². The second-order valence-corrected chi connectivity index (χ2v) is 4.73. The van der Waals surface area contributed by atoms with Crippen LogP contribution in [0.15, 0.2) is 36.7 Å². The van der Waals surface area contributed by atoms with Crippen molar-refractivity contribution in [2.24, 2.45) is 0 Å². The number of carbonyl (C=O) groups is 1. The van der Waals surface area contributed by atoms with Gasteiger partial charge in [0.15, 0.2) is 0 Å². The normalized spacial score (nSPS) is 10.6. The molecule has 1 amide bonds. The lowest BCUT2D eigenvalue weighted by Gasteiger charge is -2.17. The van der Waals surface area contributed by atoms with E-state index in [4.69, 9.17) is 0 Å². The zero-order valence-electron chi connectivity index (χ0n) is 12.2. The van der Waals surface area contributed by atoms with Gasteiger partial charge in [0, 0.05) is 19.8 Å². The van der Waals surface area contributed by atoms with Crippen LogP contribution >= 0.6 is 0 Å². The molecule has 5 nitrogen and oxygen atoms in total. The Bertz CT molecular complexity index is 630. The van der Waals surface area contributed by atoms with Crippen LogP contribution < -0.4 is 4.74 Å². The highest BCUT2D eigenvalue weighted by Gasteiger charge is 2.14. The summed E-state index contributed by atoms with van der Waals surface area (Å²) in [5.74, 6) is -0.183. The average Bonchev–Trinajstić information content (AvgIpc) is 2.49. The van der Waals surface area contributed by atoms with Crippen LogP contribution in [-0.2, 0) is 6.54 Å². The molecule has 0 unspecified atom stereocenters. The molecule has 0 bridgehead atoms. The third-order valence-electron chi connectivity index (χ3n) is 2.92. The van der Waals surface area contributed by atoms with Gasteiger partial charge in [-0.05, 0) is 24.6 Å². The van der Waals surface area contributed by atoms with Gasteiger partial charge < -0.3 is 9.64 Å². The van der Waals surface area contributed by atoms with Gasteiger partial charge in [-0.15, -0.1) is 0 Å². The molecule has 0 aliphatic heterocycles. The number of rotatable bonds is 5. The highest BCUT2D eigenvalue weighted by Crippen LogP contribution is 2.16. The molecule has 7 heteroatoms. The number of benzene rings is 1. The topological polar surface area (TPSA) is 55.3 Å². The molecule has 0 saturated heterocycles. The molecular formula is C15H15F2N3O2. The molecule has 1 heterocycles. The molecular weight excluding hydrogens is 292 g/mol. The number of carbonyl (C=O) groups excluding carboxylic acids is 1. The molecule has 0 aliphatic rings. The number of aryl methyl sites for hydroxylation is 1. The summed E-state index contributed by atoms with van der Waals surface area (Å²) in [6.07, 6.45) is 2.95. The summed E-state index contributed by atoms with van der Waals surface area (Å²) >= 11 is 0. The van der Waals surface area contributed by atoms with Crippen molar-refractivity contribution in [2.45, 2.75) is 20.1 Å². The predicted molar refractivity (Wildman–Crippen MR) is 75.6 cm³/mol. The van der Waals surface area contributed by atoms with Crippen LogP contribution in [0.2, 0.25) is 0 Å². The van der Waals surface area contributed by atoms with Crippen LogP contribution in [0.3, 0.4) is 0 Å². The lowest BCUT2D eigenvalue weighted by Crippen LogP contribution is -2.27. The highest BCUT2D eigenvalue weighted by atomic mass is 19.3. The van der Waals surface area contributed by atoms with Gasteiger partial charge in [0.05, 0.1) is 11.9 Å². The van der Waals surface area contributed by atoms with Crippen molar-refractivity contribution in [3.8, 4) is 5.75 Å². The van der Waals surface area contributed by atoms with Gasteiger partial charge in [0.2, 0.25) is 0 Å². The summed E-state index contributed by atoms with van der Waals surface area (Å²) in [6, 6.07) is 6.13. The van der Waals surface area contributed by atoms with E-state index in [2.05, 4.69) is 14.7 Å². The minimum absolute atomic E-state index is 0.0807. The third kappa shape index (κ3) is 4.21. The molecule has 1 aromatic heterocycles. The first-order chi connectivity index (χ1) is 10.5. The van der Waals surface area contributed by atoms with Crippen LogP contribution in [0.4, 0.5) is 8.78 Å². The SMILES string of the molecule is Cc1cnc(C(=O)N(C)Cc2ccc(OC(F)F)cc2)cn1. The van der Waals surface area contributed by atoms with Gasteiger partial charge in [-0.2, -0.15) is 8.78 Å². The summed E-state index contributed by atoms with van der Waals surface area (Å²) in [7, 11) is 1.63. The van der Waals surface area contributed by atoms with Crippen molar-refractivity contribution in [2.75, 3.05) is 7.05 Å². The fraction of sp³-hybridized carbons (Fsp3) is 0.267. The van der Waals surface area contributed by atoms with E-state index in [1.807, 2.05) is 0 Å². The van der Waals surface area contributed by atoms with Crippen LogP contribution in [-0.4, -0.2) is 34.4 Å². The molecule has 116 valence electrons. The number of aromatic nitrogens is 2. The molecule has 0 atom stereocenters. The summed E-state index contributed by atoms with van der Waals surface area (Å²) in [4.78, 5) is 21.7. The van der Waals surface area contributed by atoms with Gasteiger partial charge in [-0.25, -0.2) is 4.98 Å². The Morgan fingerprint density at radius 2 is 1.91 bits per heavy atom. The Kier molecular flexibility index (Phi) is 4.98. The minimum Gasteiger partial charge on any atom is -0.435 e. The Morgan fingerprint density at radius 1 is 1.23 bits per heavy atom. The maximum atomic E-state index is 12.2. The lowest BCUT2D eigenvalue weighted by atomic mass is 10.2. The molecule has 2 aromatic rings. The number of alkyl halides is 2. The van der Waals surface area contributed by atoms with Gasteiger partial charge >= 0.3 is 6.61 Å². The number of hydrogen-bond donors (Lipinski definition) is 0. The van der Waals surface area contributed by atoms with E-state index < -0.39 is 6.61 Å². The van der Waals surface area contributed by atoms with Crippen LogP contribution in [0.5, 0.6) is 5.75 Å². The van der Waals surface area contributed by atoms with Crippen LogP contribution in [0, 0.1) is 6.92 Å². The summed E-state index contributed by atoms with van der Waals surface area (Å²) in [5.41, 5.74) is 1.78. The van der Waals surface area contributed by atoms with Crippen molar-refractivity contribution in [1.29, 1.82) is 0 Å². The van der Waals surface area contributed by atoms with E-state index in [0.29, 0.717) is 6.54 Å². The number of nitrogens with zero attached hydrogens (tertiary/aromatic N) is 3. The molecule has 0 saturated carbocycles. The van der Waals surface area contributed by atoms with E-state index in [9.17, 15) is 13.6 Å². The zero-order chi connectivity index (χ0) is 16.1. The Hall–Kier alpha value is -2.57. The standard InChI is InChI=1S/C15H15F2N3O2/c1-10-7-19-13(8-18-10)14(21)20(2)9-11-3-5-12(6-4-11)22-15(16)17/h3-8,15H,9H2,1-2H3.